The second-order valence-electron chi connectivity index (χ2n) is 5.79. The highest BCUT2D eigenvalue weighted by Gasteiger charge is 2.34. The smallest absolute Gasteiger partial charge is 0.276 e. The molecule has 3 aromatic rings. The van der Waals surface area contributed by atoms with Crippen molar-refractivity contribution in [1.29, 1.82) is 5.26 Å². The van der Waals surface area contributed by atoms with Crippen molar-refractivity contribution in [2.75, 3.05) is 13.1 Å². The van der Waals surface area contributed by atoms with Crippen LogP contribution < -0.4 is 4.74 Å². The number of hydrogen-bond acceptors (Lipinski definition) is 6. The third-order valence-corrected chi connectivity index (χ3v) is 3.98. The van der Waals surface area contributed by atoms with Crippen LogP contribution in [0.4, 0.5) is 0 Å². The molecule has 1 amide bonds. The zero-order valence-electron chi connectivity index (χ0n) is 13.7. The predicted molar refractivity (Wildman–Crippen MR) is 90.6 cm³/mol. The van der Waals surface area contributed by atoms with Crippen LogP contribution in [-0.2, 0) is 0 Å². The molecule has 8 nitrogen and oxygen atoms in total. The van der Waals surface area contributed by atoms with Crippen LogP contribution in [0.15, 0.2) is 54.9 Å². The van der Waals surface area contributed by atoms with Gasteiger partial charge in [0, 0.05) is 12.3 Å². The Balaban J connectivity index is 1.36. The molecule has 0 radical (unpaired) electrons. The molecule has 0 saturated carbocycles. The lowest BCUT2D eigenvalue weighted by Crippen LogP contribution is -2.56. The van der Waals surface area contributed by atoms with Crippen LogP contribution in [0.25, 0.3) is 5.69 Å². The maximum atomic E-state index is 12.5. The lowest BCUT2D eigenvalue weighted by molar-refractivity contribution is 0.0173. The summed E-state index contributed by atoms with van der Waals surface area (Å²) in [7, 11) is 0. The van der Waals surface area contributed by atoms with Crippen LogP contribution in [0.2, 0.25) is 0 Å². The van der Waals surface area contributed by atoms with Crippen molar-refractivity contribution in [3.63, 3.8) is 0 Å². The maximum absolute atomic E-state index is 12.5. The van der Waals surface area contributed by atoms with Gasteiger partial charge in [-0.15, -0.1) is 5.10 Å². The fourth-order valence-electron chi connectivity index (χ4n) is 2.63. The molecule has 1 saturated heterocycles. The van der Waals surface area contributed by atoms with Gasteiger partial charge in [-0.05, 0) is 18.2 Å². The molecule has 4 rings (SSSR count). The molecule has 8 heteroatoms. The van der Waals surface area contributed by atoms with E-state index in [1.807, 2.05) is 36.4 Å². The normalized spacial score (nSPS) is 13.7. The van der Waals surface area contributed by atoms with Gasteiger partial charge in [0.25, 0.3) is 5.91 Å². The number of ether oxygens (including phenoxy) is 1. The molecule has 2 aromatic heterocycles. The zero-order valence-corrected chi connectivity index (χ0v) is 13.7. The summed E-state index contributed by atoms with van der Waals surface area (Å²) in [5, 5.41) is 17.2. The third kappa shape index (κ3) is 3.10. The summed E-state index contributed by atoms with van der Waals surface area (Å²) in [6, 6.07) is 14.6. The fourth-order valence-corrected chi connectivity index (χ4v) is 2.63. The topological polar surface area (TPSA) is 96.9 Å². The van der Waals surface area contributed by atoms with E-state index < -0.39 is 0 Å². The van der Waals surface area contributed by atoms with E-state index in [4.69, 9.17) is 10.00 Å². The van der Waals surface area contributed by atoms with Crippen LogP contribution >= 0.6 is 0 Å². The van der Waals surface area contributed by atoms with Gasteiger partial charge >= 0.3 is 0 Å². The Morgan fingerprint density at radius 2 is 2.04 bits per heavy atom. The average molecular weight is 346 g/mol. The number of amides is 1. The second-order valence-corrected chi connectivity index (χ2v) is 5.79. The van der Waals surface area contributed by atoms with Gasteiger partial charge in [0.1, 0.15) is 23.6 Å². The minimum Gasteiger partial charge on any atom is -0.487 e. The molecule has 0 N–H and O–H groups in total. The summed E-state index contributed by atoms with van der Waals surface area (Å²) in [5.41, 5.74) is 1.39. The van der Waals surface area contributed by atoms with Gasteiger partial charge in [-0.25, -0.2) is 4.98 Å². The van der Waals surface area contributed by atoms with Crippen molar-refractivity contribution in [1.82, 2.24) is 24.9 Å². The number of nitriles is 1. The number of para-hydroxylation sites is 1. The standard InChI is InChI=1S/C18H14N6O2/c19-9-13-8-15(6-7-20-13)26-16-11-23(12-16)18(25)17-10-21-24(22-17)14-4-2-1-3-5-14/h1-8,10,16H,11-12H2. The summed E-state index contributed by atoms with van der Waals surface area (Å²) in [6.45, 7) is 0.919. The minimum atomic E-state index is -0.181. The third-order valence-electron chi connectivity index (χ3n) is 3.98. The Kier molecular flexibility index (Phi) is 4.03. The molecule has 1 aliphatic heterocycles. The number of carbonyl (C=O) groups is 1. The Hall–Kier alpha value is -3.73. The van der Waals surface area contributed by atoms with E-state index in [1.54, 1.807) is 17.0 Å². The van der Waals surface area contributed by atoms with Crippen molar-refractivity contribution in [2.45, 2.75) is 6.10 Å². The van der Waals surface area contributed by atoms with Gasteiger partial charge < -0.3 is 9.64 Å². The van der Waals surface area contributed by atoms with Gasteiger partial charge in [0.2, 0.25) is 0 Å². The highest BCUT2D eigenvalue weighted by atomic mass is 16.5. The summed E-state index contributed by atoms with van der Waals surface area (Å²) in [6.07, 6.45) is 2.88. The first-order valence-electron chi connectivity index (χ1n) is 8.03. The predicted octanol–water partition coefficient (Wildman–Crippen LogP) is 1.44. The Morgan fingerprint density at radius 1 is 1.23 bits per heavy atom. The first-order chi connectivity index (χ1) is 12.7. The molecule has 3 heterocycles. The SMILES string of the molecule is N#Cc1cc(OC2CN(C(=O)c3cnn(-c4ccccc4)n3)C2)ccn1. The number of aromatic nitrogens is 4. The van der Waals surface area contributed by atoms with Crippen molar-refractivity contribution in [2.24, 2.45) is 0 Å². The molecule has 0 unspecified atom stereocenters. The maximum Gasteiger partial charge on any atom is 0.276 e. The summed E-state index contributed by atoms with van der Waals surface area (Å²) < 4.78 is 5.76. The summed E-state index contributed by atoms with van der Waals surface area (Å²) >= 11 is 0. The number of likely N-dealkylation sites (tertiary alicyclic amines) is 1. The number of benzene rings is 1. The molecule has 1 aliphatic rings. The first-order valence-corrected chi connectivity index (χ1v) is 8.03. The number of pyridine rings is 1. The van der Waals surface area contributed by atoms with E-state index in [-0.39, 0.29) is 12.0 Å². The zero-order chi connectivity index (χ0) is 17.9. The van der Waals surface area contributed by atoms with Gasteiger partial charge in [-0.2, -0.15) is 15.2 Å². The molecule has 0 aliphatic carbocycles. The van der Waals surface area contributed by atoms with Crippen LogP contribution in [0.1, 0.15) is 16.2 Å². The largest absolute Gasteiger partial charge is 0.487 e. The Morgan fingerprint density at radius 3 is 2.81 bits per heavy atom. The number of carbonyl (C=O) groups excluding carboxylic acids is 1. The van der Waals surface area contributed by atoms with E-state index >= 15 is 0 Å². The van der Waals surface area contributed by atoms with Crippen molar-refractivity contribution < 1.29 is 9.53 Å². The highest BCUT2D eigenvalue weighted by molar-refractivity contribution is 5.92. The Bertz CT molecular complexity index is 973. The lowest BCUT2D eigenvalue weighted by atomic mass is 10.1. The fraction of sp³-hybridized carbons (Fsp3) is 0.167. The minimum absolute atomic E-state index is 0.114. The second kappa shape index (κ2) is 6.64. The van der Waals surface area contributed by atoms with E-state index in [1.165, 1.54) is 17.2 Å². The van der Waals surface area contributed by atoms with Gasteiger partial charge in [0.15, 0.2) is 5.69 Å². The van der Waals surface area contributed by atoms with E-state index in [9.17, 15) is 4.79 Å². The number of nitrogens with zero attached hydrogens (tertiary/aromatic N) is 6. The van der Waals surface area contributed by atoms with Crippen molar-refractivity contribution in [3.05, 3.63) is 66.2 Å². The first kappa shape index (κ1) is 15.8. The molecule has 1 fully saturated rings. The average Bonchev–Trinajstić information content (AvgIpc) is 3.15. The summed E-state index contributed by atoms with van der Waals surface area (Å²) in [5.74, 6) is 0.392. The van der Waals surface area contributed by atoms with Crippen LogP contribution in [0.5, 0.6) is 5.75 Å². The van der Waals surface area contributed by atoms with Gasteiger partial charge in [0.05, 0.1) is 25.0 Å². The molecular weight excluding hydrogens is 332 g/mol. The summed E-state index contributed by atoms with van der Waals surface area (Å²) in [4.78, 5) is 19.4. The monoisotopic (exact) mass is 346 g/mol. The molecule has 1 aromatic carbocycles. The molecule has 0 atom stereocenters. The van der Waals surface area contributed by atoms with E-state index in [0.29, 0.717) is 30.2 Å². The van der Waals surface area contributed by atoms with Gasteiger partial charge in [-0.1, -0.05) is 18.2 Å². The van der Waals surface area contributed by atoms with Crippen LogP contribution in [-0.4, -0.2) is 50.0 Å². The van der Waals surface area contributed by atoms with Crippen molar-refractivity contribution in [3.8, 4) is 17.5 Å². The molecule has 0 bridgehead atoms. The van der Waals surface area contributed by atoms with Crippen molar-refractivity contribution >= 4 is 5.91 Å². The number of hydrogen-bond donors (Lipinski definition) is 0. The molecular formula is C18H14N6O2. The number of rotatable bonds is 4. The lowest BCUT2D eigenvalue weighted by Gasteiger charge is -2.38. The van der Waals surface area contributed by atoms with Crippen LogP contribution in [0, 0.1) is 11.3 Å². The van der Waals surface area contributed by atoms with E-state index in [0.717, 1.165) is 5.69 Å². The van der Waals surface area contributed by atoms with Gasteiger partial charge in [-0.3, -0.25) is 4.79 Å². The highest BCUT2D eigenvalue weighted by Crippen LogP contribution is 2.19. The Labute approximate surface area is 149 Å². The quantitative estimate of drug-likeness (QED) is 0.709. The molecule has 26 heavy (non-hydrogen) atoms. The molecule has 0 spiro atoms. The van der Waals surface area contributed by atoms with Crippen LogP contribution in [0.3, 0.4) is 0 Å². The molecule has 128 valence electrons. The van der Waals surface area contributed by atoms with E-state index in [2.05, 4.69) is 15.2 Å².